The fourth-order valence-corrected chi connectivity index (χ4v) is 2.51. The molecule has 5 nitrogen and oxygen atoms in total. The quantitative estimate of drug-likeness (QED) is 0.846. The van der Waals surface area contributed by atoms with Crippen molar-refractivity contribution in [3.05, 3.63) is 59.7 Å². The first-order chi connectivity index (χ1) is 12.3. The maximum atomic E-state index is 13.7. The van der Waals surface area contributed by atoms with E-state index in [1.165, 1.54) is 18.3 Å². The van der Waals surface area contributed by atoms with E-state index < -0.39 is 23.5 Å². The molecule has 1 aliphatic heterocycles. The topological polar surface area (TPSA) is 58.1 Å². The Morgan fingerprint density at radius 1 is 1.19 bits per heavy atom. The first-order valence-electron chi connectivity index (χ1n) is 7.73. The first-order valence-corrected chi connectivity index (χ1v) is 7.73. The minimum atomic E-state index is -4.48. The molecule has 0 unspecified atom stereocenters. The van der Waals surface area contributed by atoms with Gasteiger partial charge in [0.05, 0.1) is 5.56 Å². The summed E-state index contributed by atoms with van der Waals surface area (Å²) in [5.74, 6) is -0.643. The molecule has 2 aromatic heterocycles. The highest BCUT2D eigenvalue weighted by atomic mass is 19.4. The van der Waals surface area contributed by atoms with Crippen LogP contribution in [0.3, 0.4) is 0 Å². The maximum absolute atomic E-state index is 13.7. The lowest BCUT2D eigenvalue weighted by atomic mass is 10.1. The third-order valence-electron chi connectivity index (χ3n) is 3.87. The van der Waals surface area contributed by atoms with E-state index in [4.69, 9.17) is 0 Å². The van der Waals surface area contributed by atoms with Gasteiger partial charge in [0.15, 0.2) is 11.6 Å². The summed E-state index contributed by atoms with van der Waals surface area (Å²) in [6.45, 7) is 0.699. The van der Waals surface area contributed by atoms with Gasteiger partial charge >= 0.3 is 6.18 Å². The van der Waals surface area contributed by atoms with Crippen LogP contribution in [-0.2, 0) is 11.0 Å². The molecule has 0 bridgehead atoms. The second-order valence-corrected chi connectivity index (χ2v) is 5.62. The summed E-state index contributed by atoms with van der Waals surface area (Å²) >= 11 is 0. The second-order valence-electron chi connectivity index (χ2n) is 5.62. The van der Waals surface area contributed by atoms with Crippen molar-refractivity contribution in [1.82, 2.24) is 9.97 Å². The predicted molar refractivity (Wildman–Crippen MR) is 87.0 cm³/mol. The molecular formula is C17H14F4N4O. The molecule has 9 heteroatoms. The monoisotopic (exact) mass is 366 g/mol. The van der Waals surface area contributed by atoms with Gasteiger partial charge in [-0.3, -0.25) is 4.79 Å². The molecule has 0 spiro atoms. The number of hydrogen-bond donors (Lipinski definition) is 1. The van der Waals surface area contributed by atoms with Crippen LogP contribution < -0.4 is 10.2 Å². The van der Waals surface area contributed by atoms with Crippen LogP contribution in [0.25, 0.3) is 0 Å². The second kappa shape index (κ2) is 7.11. The van der Waals surface area contributed by atoms with E-state index in [-0.39, 0.29) is 11.6 Å². The molecular weight excluding hydrogens is 352 g/mol. The number of aromatic nitrogens is 2. The molecule has 0 saturated carbocycles. The third kappa shape index (κ3) is 3.98. The Labute approximate surface area is 146 Å². The lowest BCUT2D eigenvalue weighted by Crippen LogP contribution is -2.32. The summed E-state index contributed by atoms with van der Waals surface area (Å²) in [7, 11) is 0. The van der Waals surface area contributed by atoms with Gasteiger partial charge in [0.25, 0.3) is 5.91 Å². The Kier molecular flexibility index (Phi) is 4.88. The van der Waals surface area contributed by atoms with Crippen molar-refractivity contribution in [1.29, 1.82) is 0 Å². The van der Waals surface area contributed by atoms with E-state index in [9.17, 15) is 22.4 Å². The molecule has 1 aliphatic rings. The van der Waals surface area contributed by atoms with Gasteiger partial charge in [-0.2, -0.15) is 13.2 Å². The van der Waals surface area contributed by atoms with Gasteiger partial charge in [-0.15, -0.1) is 0 Å². The van der Waals surface area contributed by atoms with Gasteiger partial charge in [0, 0.05) is 31.1 Å². The average Bonchev–Trinajstić information content (AvgIpc) is 2.62. The summed E-state index contributed by atoms with van der Waals surface area (Å²) in [4.78, 5) is 21.5. The van der Waals surface area contributed by atoms with Crippen LogP contribution in [-0.4, -0.2) is 29.0 Å². The number of anilines is 2. The third-order valence-corrected chi connectivity index (χ3v) is 3.87. The number of carbonyl (C=O) groups is 1. The highest BCUT2D eigenvalue weighted by Crippen LogP contribution is 2.29. The van der Waals surface area contributed by atoms with E-state index in [0.717, 1.165) is 12.1 Å². The van der Waals surface area contributed by atoms with Gasteiger partial charge in [0.1, 0.15) is 5.82 Å². The van der Waals surface area contributed by atoms with Gasteiger partial charge in [-0.1, -0.05) is 6.08 Å². The number of hydrogen-bond acceptors (Lipinski definition) is 4. The van der Waals surface area contributed by atoms with Gasteiger partial charge in [-0.25, -0.2) is 14.4 Å². The summed E-state index contributed by atoms with van der Waals surface area (Å²) in [6, 6.07) is 4.75. The van der Waals surface area contributed by atoms with E-state index >= 15 is 0 Å². The number of halogens is 4. The van der Waals surface area contributed by atoms with Crippen molar-refractivity contribution in [3.63, 3.8) is 0 Å². The maximum Gasteiger partial charge on any atom is 0.417 e. The molecule has 0 fully saturated rings. The summed E-state index contributed by atoms with van der Waals surface area (Å²) in [6.07, 6.45) is -0.345. The van der Waals surface area contributed by atoms with Crippen LogP contribution in [0.15, 0.2) is 48.3 Å². The number of pyridine rings is 2. The Morgan fingerprint density at radius 2 is 2.00 bits per heavy atom. The lowest BCUT2D eigenvalue weighted by Gasteiger charge is -2.27. The molecule has 0 aliphatic carbocycles. The molecule has 26 heavy (non-hydrogen) atoms. The lowest BCUT2D eigenvalue weighted by molar-refractivity contribution is -0.137. The van der Waals surface area contributed by atoms with Gasteiger partial charge in [-0.05, 0) is 30.7 Å². The van der Waals surface area contributed by atoms with Crippen molar-refractivity contribution in [3.8, 4) is 0 Å². The van der Waals surface area contributed by atoms with Crippen molar-refractivity contribution in [2.75, 3.05) is 23.3 Å². The Bertz CT molecular complexity index is 833. The minimum absolute atomic E-state index is 0.0297. The summed E-state index contributed by atoms with van der Waals surface area (Å²) in [5.41, 5.74) is -0.431. The highest BCUT2D eigenvalue weighted by molar-refractivity contribution is 6.03. The molecule has 0 saturated heterocycles. The zero-order chi connectivity index (χ0) is 18.7. The number of amides is 1. The fourth-order valence-electron chi connectivity index (χ4n) is 2.51. The molecule has 3 heterocycles. The Balaban J connectivity index is 1.63. The van der Waals surface area contributed by atoms with E-state index in [1.807, 2.05) is 0 Å². The SMILES string of the molecule is O=C(Nc1ccc(C(F)(F)F)cn1)C1=CCN(c2ncccc2F)CC1. The number of nitrogens with one attached hydrogen (secondary N) is 1. The van der Waals surface area contributed by atoms with Crippen LogP contribution >= 0.6 is 0 Å². The average molecular weight is 366 g/mol. The van der Waals surface area contributed by atoms with Crippen LogP contribution in [0.2, 0.25) is 0 Å². The number of rotatable bonds is 3. The zero-order valence-electron chi connectivity index (χ0n) is 13.4. The molecule has 0 radical (unpaired) electrons. The smallest absolute Gasteiger partial charge is 0.350 e. The fraction of sp³-hybridized carbons (Fsp3) is 0.235. The predicted octanol–water partition coefficient (Wildman–Crippen LogP) is 3.41. The van der Waals surface area contributed by atoms with Crippen LogP contribution in [0.5, 0.6) is 0 Å². The van der Waals surface area contributed by atoms with E-state index in [0.29, 0.717) is 31.3 Å². The molecule has 136 valence electrons. The molecule has 0 aromatic carbocycles. The molecule has 2 aromatic rings. The summed E-state index contributed by atoms with van der Waals surface area (Å²) in [5, 5.41) is 2.46. The molecule has 1 N–H and O–H groups in total. The molecule has 0 atom stereocenters. The molecule has 3 rings (SSSR count). The van der Waals surface area contributed by atoms with Crippen molar-refractivity contribution >= 4 is 17.5 Å². The number of carbonyl (C=O) groups excluding carboxylic acids is 1. The zero-order valence-corrected chi connectivity index (χ0v) is 13.4. The van der Waals surface area contributed by atoms with Gasteiger partial charge < -0.3 is 10.2 Å². The van der Waals surface area contributed by atoms with Crippen LogP contribution in [0.1, 0.15) is 12.0 Å². The first kappa shape index (κ1) is 17.8. The van der Waals surface area contributed by atoms with Gasteiger partial charge in [0.2, 0.25) is 0 Å². The Hall–Kier alpha value is -2.97. The summed E-state index contributed by atoms with van der Waals surface area (Å²) < 4.78 is 51.3. The standard InChI is InChI=1S/C17H14F4N4O/c18-13-2-1-7-22-15(13)25-8-5-11(6-9-25)16(26)24-14-4-3-12(10-23-14)17(19,20)21/h1-5,7,10H,6,8-9H2,(H,23,24,26). The van der Waals surface area contributed by atoms with Crippen molar-refractivity contribution < 1.29 is 22.4 Å². The normalized spacial score (nSPS) is 14.8. The van der Waals surface area contributed by atoms with Crippen molar-refractivity contribution in [2.45, 2.75) is 12.6 Å². The number of nitrogens with zero attached hydrogens (tertiary/aromatic N) is 3. The van der Waals surface area contributed by atoms with E-state index in [2.05, 4.69) is 15.3 Å². The van der Waals surface area contributed by atoms with Crippen molar-refractivity contribution in [2.24, 2.45) is 0 Å². The number of alkyl halides is 3. The largest absolute Gasteiger partial charge is 0.417 e. The highest BCUT2D eigenvalue weighted by Gasteiger charge is 2.30. The minimum Gasteiger partial charge on any atom is -0.350 e. The van der Waals surface area contributed by atoms with Crippen LogP contribution in [0.4, 0.5) is 29.2 Å². The Morgan fingerprint density at radius 3 is 2.58 bits per heavy atom. The van der Waals surface area contributed by atoms with E-state index in [1.54, 1.807) is 11.0 Å². The molecule has 1 amide bonds. The van der Waals surface area contributed by atoms with Crippen LogP contribution in [0, 0.1) is 5.82 Å².